The molecule has 0 aliphatic carbocycles. The smallest absolute Gasteiger partial charge is 0.320 e. The summed E-state index contributed by atoms with van der Waals surface area (Å²) < 4.78 is 0. The molecular formula is C12H26N2O4S2. The van der Waals surface area contributed by atoms with Crippen LogP contribution in [0.2, 0.25) is 0 Å². The number of rotatable bonds is 10. The Morgan fingerprint density at radius 3 is 1.40 bits per heavy atom. The molecule has 1 unspecified atom stereocenters. The van der Waals surface area contributed by atoms with Crippen LogP contribution in [0.5, 0.6) is 0 Å². The van der Waals surface area contributed by atoms with E-state index in [0.717, 1.165) is 23.0 Å². The molecular weight excluding hydrogens is 300 g/mol. The third-order valence-electron chi connectivity index (χ3n) is 2.19. The van der Waals surface area contributed by atoms with Gasteiger partial charge in [0.15, 0.2) is 0 Å². The van der Waals surface area contributed by atoms with Gasteiger partial charge in [0.1, 0.15) is 12.1 Å². The van der Waals surface area contributed by atoms with E-state index in [1.54, 1.807) is 23.5 Å². The van der Waals surface area contributed by atoms with Crippen LogP contribution in [0.3, 0.4) is 0 Å². The molecule has 120 valence electrons. The second kappa shape index (κ2) is 15.0. The van der Waals surface area contributed by atoms with Crippen LogP contribution in [0.15, 0.2) is 0 Å². The minimum absolute atomic E-state index is 0.563. The molecule has 6 nitrogen and oxygen atoms in total. The van der Waals surface area contributed by atoms with E-state index in [4.69, 9.17) is 21.7 Å². The maximum Gasteiger partial charge on any atom is 0.320 e. The average molecular weight is 326 g/mol. The first-order chi connectivity index (χ1) is 9.36. The van der Waals surface area contributed by atoms with Crippen LogP contribution in [0.25, 0.3) is 0 Å². The Kier molecular flexibility index (Phi) is 16.3. The molecule has 0 aliphatic heterocycles. The zero-order valence-corrected chi connectivity index (χ0v) is 13.7. The minimum atomic E-state index is -0.906. The van der Waals surface area contributed by atoms with Gasteiger partial charge in [-0.2, -0.15) is 23.5 Å². The molecule has 0 fully saturated rings. The van der Waals surface area contributed by atoms with Crippen molar-refractivity contribution >= 4 is 35.5 Å². The molecule has 0 spiro atoms. The van der Waals surface area contributed by atoms with Crippen molar-refractivity contribution in [1.82, 2.24) is 0 Å². The second-order valence-electron chi connectivity index (χ2n) is 3.86. The van der Waals surface area contributed by atoms with E-state index in [1.807, 2.05) is 13.8 Å². The molecule has 0 amide bonds. The van der Waals surface area contributed by atoms with Gasteiger partial charge in [0.05, 0.1) is 0 Å². The molecule has 2 atom stereocenters. The van der Waals surface area contributed by atoms with Gasteiger partial charge in [-0.25, -0.2) is 0 Å². The van der Waals surface area contributed by atoms with Crippen molar-refractivity contribution in [2.45, 2.75) is 38.8 Å². The van der Waals surface area contributed by atoms with Gasteiger partial charge >= 0.3 is 11.9 Å². The van der Waals surface area contributed by atoms with E-state index in [1.165, 1.54) is 0 Å². The van der Waals surface area contributed by atoms with Gasteiger partial charge < -0.3 is 21.7 Å². The summed E-state index contributed by atoms with van der Waals surface area (Å²) >= 11 is 3.42. The molecule has 0 bridgehead atoms. The summed E-state index contributed by atoms with van der Waals surface area (Å²) in [5.41, 5.74) is 10.5. The first-order valence-electron chi connectivity index (χ1n) is 6.48. The molecule has 0 saturated heterocycles. The lowest BCUT2D eigenvalue weighted by molar-refractivity contribution is -0.139. The van der Waals surface area contributed by atoms with E-state index in [2.05, 4.69) is 0 Å². The van der Waals surface area contributed by atoms with Crippen LogP contribution in [-0.2, 0) is 9.59 Å². The fourth-order valence-corrected chi connectivity index (χ4v) is 2.37. The molecule has 0 saturated carbocycles. The molecule has 0 rings (SSSR count). The van der Waals surface area contributed by atoms with Crippen LogP contribution in [-0.4, -0.2) is 57.2 Å². The van der Waals surface area contributed by atoms with Gasteiger partial charge in [-0.05, 0) is 35.9 Å². The van der Waals surface area contributed by atoms with E-state index >= 15 is 0 Å². The standard InChI is InChI=1S/2C6H13NO2S/c2*1-2-10-4-3-5(7)6(8)9/h2*5H,2-4,7H2,1H3,(H,8,9)/t5-;/m0./s1. The lowest BCUT2D eigenvalue weighted by Gasteiger charge is -2.03. The van der Waals surface area contributed by atoms with Crippen molar-refractivity contribution < 1.29 is 19.8 Å². The van der Waals surface area contributed by atoms with Crippen LogP contribution >= 0.6 is 23.5 Å². The van der Waals surface area contributed by atoms with E-state index in [0.29, 0.717) is 12.8 Å². The summed E-state index contributed by atoms with van der Waals surface area (Å²) in [6, 6.07) is -1.36. The molecule has 8 heteroatoms. The molecule has 20 heavy (non-hydrogen) atoms. The highest BCUT2D eigenvalue weighted by Crippen LogP contribution is 2.03. The van der Waals surface area contributed by atoms with Gasteiger partial charge in [0.25, 0.3) is 0 Å². The number of carboxylic acid groups (broad SMARTS) is 2. The van der Waals surface area contributed by atoms with Crippen molar-refractivity contribution in [2.75, 3.05) is 23.0 Å². The predicted molar refractivity (Wildman–Crippen MR) is 86.5 cm³/mol. The van der Waals surface area contributed by atoms with E-state index in [9.17, 15) is 9.59 Å². The van der Waals surface area contributed by atoms with Crippen molar-refractivity contribution in [1.29, 1.82) is 0 Å². The number of carboxylic acids is 2. The van der Waals surface area contributed by atoms with Gasteiger partial charge in [-0.1, -0.05) is 13.8 Å². The van der Waals surface area contributed by atoms with E-state index in [-0.39, 0.29) is 0 Å². The van der Waals surface area contributed by atoms with Crippen molar-refractivity contribution in [3.05, 3.63) is 0 Å². The van der Waals surface area contributed by atoms with Crippen molar-refractivity contribution in [3.63, 3.8) is 0 Å². The summed E-state index contributed by atoms with van der Waals surface area (Å²) in [5, 5.41) is 16.7. The van der Waals surface area contributed by atoms with Gasteiger partial charge in [-0.3, -0.25) is 9.59 Å². The number of carbonyl (C=O) groups is 2. The first kappa shape index (κ1) is 21.9. The zero-order valence-electron chi connectivity index (χ0n) is 12.1. The Morgan fingerprint density at radius 2 is 1.20 bits per heavy atom. The minimum Gasteiger partial charge on any atom is -0.480 e. The quantitative estimate of drug-likeness (QED) is 0.439. The summed E-state index contributed by atoms with van der Waals surface area (Å²) in [7, 11) is 0. The molecule has 0 radical (unpaired) electrons. The van der Waals surface area contributed by atoms with Crippen LogP contribution in [0.4, 0.5) is 0 Å². The number of thioether (sulfide) groups is 2. The van der Waals surface area contributed by atoms with Gasteiger partial charge in [0, 0.05) is 0 Å². The van der Waals surface area contributed by atoms with Crippen molar-refractivity contribution in [3.8, 4) is 0 Å². The summed E-state index contributed by atoms with van der Waals surface area (Å²) in [4.78, 5) is 20.3. The lowest BCUT2D eigenvalue weighted by atomic mass is 10.2. The highest BCUT2D eigenvalue weighted by Gasteiger charge is 2.10. The third kappa shape index (κ3) is 15.6. The Morgan fingerprint density at radius 1 is 0.900 bits per heavy atom. The normalized spacial score (nSPS) is 13.0. The number of nitrogens with two attached hydrogens (primary N) is 2. The zero-order chi connectivity index (χ0) is 16.0. The van der Waals surface area contributed by atoms with Crippen LogP contribution < -0.4 is 11.5 Å². The summed E-state index contributed by atoms with van der Waals surface area (Å²) in [6.07, 6.45) is 1.13. The predicted octanol–water partition coefficient (Wildman–Crippen LogP) is 1.08. The van der Waals surface area contributed by atoms with Crippen molar-refractivity contribution in [2.24, 2.45) is 11.5 Å². The first-order valence-corrected chi connectivity index (χ1v) is 8.79. The number of hydrogen-bond donors (Lipinski definition) is 4. The van der Waals surface area contributed by atoms with Crippen LogP contribution in [0, 0.1) is 0 Å². The van der Waals surface area contributed by atoms with Crippen LogP contribution in [0.1, 0.15) is 26.7 Å². The molecule has 0 aliphatic rings. The number of hydrogen-bond acceptors (Lipinski definition) is 6. The SMILES string of the molecule is CCSCCC(N)C(=O)O.CCSCC[C@H](N)C(=O)O. The highest BCUT2D eigenvalue weighted by atomic mass is 32.2. The molecule has 0 heterocycles. The van der Waals surface area contributed by atoms with Gasteiger partial charge in [0.2, 0.25) is 0 Å². The Labute approximate surface area is 129 Å². The third-order valence-corrected chi connectivity index (χ3v) is 4.05. The summed E-state index contributed by atoms with van der Waals surface area (Å²) in [5.74, 6) is 1.90. The molecule has 0 aromatic rings. The second-order valence-corrected chi connectivity index (χ2v) is 6.65. The maximum absolute atomic E-state index is 10.2. The fourth-order valence-electron chi connectivity index (χ4n) is 0.956. The lowest BCUT2D eigenvalue weighted by Crippen LogP contribution is -2.30. The fraction of sp³-hybridized carbons (Fsp3) is 0.833. The topological polar surface area (TPSA) is 127 Å². The Hall–Kier alpha value is -0.440. The maximum atomic E-state index is 10.2. The monoisotopic (exact) mass is 326 g/mol. The number of aliphatic carboxylic acids is 2. The largest absolute Gasteiger partial charge is 0.480 e. The molecule has 0 aromatic carbocycles. The van der Waals surface area contributed by atoms with E-state index < -0.39 is 24.0 Å². The Bertz CT molecular complexity index is 242. The highest BCUT2D eigenvalue weighted by molar-refractivity contribution is 7.99. The molecule has 6 N–H and O–H groups in total. The summed E-state index contributed by atoms with van der Waals surface area (Å²) in [6.45, 7) is 4.08. The Balaban J connectivity index is 0. The van der Waals surface area contributed by atoms with Gasteiger partial charge in [-0.15, -0.1) is 0 Å². The average Bonchev–Trinajstić information content (AvgIpc) is 2.39. The molecule has 0 aromatic heterocycles.